The Bertz CT molecular complexity index is 611. The van der Waals surface area contributed by atoms with E-state index < -0.39 is 12.0 Å². The largest absolute Gasteiger partial charge is 0.494 e. The van der Waals surface area contributed by atoms with E-state index in [9.17, 15) is 19.5 Å². The van der Waals surface area contributed by atoms with Crippen LogP contribution in [0.2, 0.25) is 0 Å². The first-order chi connectivity index (χ1) is 12.0. The number of carboxylic acids is 1. The summed E-state index contributed by atoms with van der Waals surface area (Å²) in [5.74, 6) is -0.642. The van der Waals surface area contributed by atoms with Crippen molar-refractivity contribution in [1.29, 1.82) is 0 Å². The van der Waals surface area contributed by atoms with Gasteiger partial charge in [0.05, 0.1) is 6.61 Å². The van der Waals surface area contributed by atoms with E-state index in [0.29, 0.717) is 30.9 Å². The van der Waals surface area contributed by atoms with Crippen LogP contribution >= 0.6 is 0 Å². The van der Waals surface area contributed by atoms with Crippen molar-refractivity contribution in [3.8, 4) is 5.75 Å². The van der Waals surface area contributed by atoms with Gasteiger partial charge in [0.1, 0.15) is 11.8 Å². The van der Waals surface area contributed by atoms with Gasteiger partial charge in [-0.15, -0.1) is 0 Å². The molecule has 1 aromatic rings. The average molecular weight is 347 g/mol. The molecular weight excluding hydrogens is 322 g/mol. The van der Waals surface area contributed by atoms with Gasteiger partial charge in [0.25, 0.3) is 0 Å². The van der Waals surface area contributed by atoms with Crippen LogP contribution < -0.4 is 4.74 Å². The van der Waals surface area contributed by atoms with Gasteiger partial charge in [-0.25, -0.2) is 4.79 Å². The molecule has 0 aliphatic carbocycles. The van der Waals surface area contributed by atoms with Crippen LogP contribution in [0.25, 0.3) is 0 Å². The minimum absolute atomic E-state index is 0.0384. The van der Waals surface area contributed by atoms with Gasteiger partial charge in [-0.3, -0.25) is 9.59 Å². The Morgan fingerprint density at radius 1 is 1.16 bits per heavy atom. The molecule has 6 nitrogen and oxygen atoms in total. The molecule has 0 aromatic heterocycles. The summed E-state index contributed by atoms with van der Waals surface area (Å²) in [6, 6.07) is 6.12. The second kappa shape index (κ2) is 9.20. The van der Waals surface area contributed by atoms with Crippen molar-refractivity contribution < 1.29 is 24.2 Å². The van der Waals surface area contributed by atoms with Crippen molar-refractivity contribution in [2.24, 2.45) is 0 Å². The number of amides is 1. The highest BCUT2D eigenvalue weighted by Gasteiger charge is 2.31. The fourth-order valence-corrected chi connectivity index (χ4v) is 2.95. The number of ketones is 1. The van der Waals surface area contributed by atoms with Gasteiger partial charge in [-0.2, -0.15) is 0 Å². The zero-order valence-corrected chi connectivity index (χ0v) is 14.6. The number of Topliss-reactive ketones (excluding diaryl/α,β-unsaturated/α-hetero) is 1. The van der Waals surface area contributed by atoms with Gasteiger partial charge in [0.2, 0.25) is 5.91 Å². The van der Waals surface area contributed by atoms with Crippen LogP contribution in [0, 0.1) is 0 Å². The lowest BCUT2D eigenvalue weighted by Gasteiger charge is -2.33. The van der Waals surface area contributed by atoms with E-state index in [2.05, 4.69) is 0 Å². The van der Waals surface area contributed by atoms with Gasteiger partial charge in [-0.1, -0.05) is 6.92 Å². The molecule has 0 unspecified atom stereocenters. The smallest absolute Gasteiger partial charge is 0.326 e. The number of rotatable bonds is 8. The lowest BCUT2D eigenvalue weighted by molar-refractivity contribution is -0.152. The minimum Gasteiger partial charge on any atom is -0.494 e. The molecule has 1 fully saturated rings. The van der Waals surface area contributed by atoms with Crippen molar-refractivity contribution in [2.75, 3.05) is 13.2 Å². The summed E-state index contributed by atoms with van der Waals surface area (Å²) in [6.07, 6.45) is 3.13. The maximum absolute atomic E-state index is 12.3. The first-order valence-corrected chi connectivity index (χ1v) is 8.81. The van der Waals surface area contributed by atoms with Gasteiger partial charge in [-0.05, 0) is 49.9 Å². The topological polar surface area (TPSA) is 83.9 Å². The molecule has 1 aliphatic rings. The monoisotopic (exact) mass is 347 g/mol. The number of piperidine rings is 1. The first kappa shape index (κ1) is 19.0. The molecule has 1 amide bonds. The normalized spacial score (nSPS) is 17.2. The fraction of sp³-hybridized carbons (Fsp3) is 0.526. The number of aliphatic carboxylic acids is 1. The number of carboxylic acid groups (broad SMARTS) is 1. The Hall–Kier alpha value is -2.37. The quantitative estimate of drug-likeness (QED) is 0.731. The zero-order chi connectivity index (χ0) is 18.2. The summed E-state index contributed by atoms with van der Waals surface area (Å²) in [5.41, 5.74) is 0.532. The Morgan fingerprint density at radius 3 is 2.52 bits per heavy atom. The number of likely N-dealkylation sites (tertiary alicyclic amines) is 1. The Morgan fingerprint density at radius 2 is 1.88 bits per heavy atom. The van der Waals surface area contributed by atoms with E-state index in [1.807, 2.05) is 6.92 Å². The maximum atomic E-state index is 12.3. The molecule has 6 heteroatoms. The SMILES string of the molecule is CCCOc1ccc(C(=O)CCC(=O)N2CCCC[C@@H]2C(=O)O)cc1. The lowest BCUT2D eigenvalue weighted by Crippen LogP contribution is -2.48. The molecule has 136 valence electrons. The molecular formula is C19H25NO5. The highest BCUT2D eigenvalue weighted by atomic mass is 16.5. The molecule has 0 saturated carbocycles. The Labute approximate surface area is 147 Å². The summed E-state index contributed by atoms with van der Waals surface area (Å²) in [4.78, 5) is 37.2. The molecule has 1 atom stereocenters. The number of carbonyl (C=O) groups excluding carboxylic acids is 2. The van der Waals surface area contributed by atoms with Gasteiger partial charge in [0, 0.05) is 24.9 Å². The molecule has 1 aromatic carbocycles. The van der Waals surface area contributed by atoms with Crippen molar-refractivity contribution in [2.45, 2.75) is 51.5 Å². The van der Waals surface area contributed by atoms with Crippen LogP contribution in [0.1, 0.15) is 55.8 Å². The number of ether oxygens (including phenoxy) is 1. The summed E-state index contributed by atoms with van der Waals surface area (Å²) in [7, 11) is 0. The van der Waals surface area contributed by atoms with Gasteiger partial charge >= 0.3 is 5.97 Å². The van der Waals surface area contributed by atoms with Crippen LogP contribution in [-0.4, -0.2) is 46.9 Å². The summed E-state index contributed by atoms with van der Waals surface area (Å²) in [5, 5.41) is 9.23. The number of benzene rings is 1. The molecule has 1 aliphatic heterocycles. The van der Waals surface area contributed by atoms with Crippen molar-refractivity contribution >= 4 is 17.7 Å². The average Bonchev–Trinajstić information content (AvgIpc) is 2.64. The first-order valence-electron chi connectivity index (χ1n) is 8.81. The highest BCUT2D eigenvalue weighted by Crippen LogP contribution is 2.19. The molecule has 1 N–H and O–H groups in total. The minimum atomic E-state index is -0.970. The van der Waals surface area contributed by atoms with E-state index in [0.717, 1.165) is 19.3 Å². The molecule has 1 heterocycles. The molecule has 25 heavy (non-hydrogen) atoms. The Kier molecular flexibility index (Phi) is 6.98. The van der Waals surface area contributed by atoms with E-state index in [1.165, 1.54) is 4.90 Å². The second-order valence-corrected chi connectivity index (χ2v) is 6.23. The molecule has 0 radical (unpaired) electrons. The summed E-state index contributed by atoms with van der Waals surface area (Å²) < 4.78 is 5.47. The van der Waals surface area contributed by atoms with Crippen molar-refractivity contribution in [1.82, 2.24) is 4.90 Å². The third-order valence-corrected chi connectivity index (χ3v) is 4.32. The third kappa shape index (κ3) is 5.31. The molecule has 0 bridgehead atoms. The molecule has 0 spiro atoms. The number of hydrogen-bond donors (Lipinski definition) is 1. The fourth-order valence-electron chi connectivity index (χ4n) is 2.95. The molecule has 2 rings (SSSR count). The van der Waals surface area contributed by atoms with E-state index >= 15 is 0 Å². The van der Waals surface area contributed by atoms with Crippen LogP contribution in [0.15, 0.2) is 24.3 Å². The van der Waals surface area contributed by atoms with Crippen LogP contribution in [0.5, 0.6) is 5.75 Å². The van der Waals surface area contributed by atoms with Crippen molar-refractivity contribution in [3.63, 3.8) is 0 Å². The number of carbonyl (C=O) groups is 3. The summed E-state index contributed by atoms with van der Waals surface area (Å²) >= 11 is 0. The zero-order valence-electron chi connectivity index (χ0n) is 14.6. The highest BCUT2D eigenvalue weighted by molar-refractivity contribution is 5.98. The maximum Gasteiger partial charge on any atom is 0.326 e. The van der Waals surface area contributed by atoms with Crippen LogP contribution in [0.4, 0.5) is 0 Å². The van der Waals surface area contributed by atoms with E-state index in [-0.39, 0.29) is 24.5 Å². The summed E-state index contributed by atoms with van der Waals surface area (Å²) in [6.45, 7) is 3.10. The van der Waals surface area contributed by atoms with Gasteiger partial charge < -0.3 is 14.7 Å². The van der Waals surface area contributed by atoms with E-state index in [4.69, 9.17) is 4.74 Å². The van der Waals surface area contributed by atoms with Crippen molar-refractivity contribution in [3.05, 3.63) is 29.8 Å². The lowest BCUT2D eigenvalue weighted by atomic mass is 10.0. The predicted molar refractivity (Wildman–Crippen MR) is 92.8 cm³/mol. The number of hydrogen-bond acceptors (Lipinski definition) is 4. The third-order valence-electron chi connectivity index (χ3n) is 4.32. The Balaban J connectivity index is 1.88. The predicted octanol–water partition coefficient (Wildman–Crippen LogP) is 2.90. The second-order valence-electron chi connectivity index (χ2n) is 6.23. The van der Waals surface area contributed by atoms with E-state index in [1.54, 1.807) is 24.3 Å². The van der Waals surface area contributed by atoms with Crippen LogP contribution in [0.3, 0.4) is 0 Å². The molecule has 1 saturated heterocycles. The standard InChI is InChI=1S/C19H25NO5/c1-2-13-25-15-8-6-14(7-9-15)17(21)10-11-18(22)20-12-4-3-5-16(20)19(23)24/h6-9,16H,2-5,10-13H2,1H3,(H,23,24)/t16-/m1/s1. The van der Waals surface area contributed by atoms with Crippen LogP contribution in [-0.2, 0) is 9.59 Å². The number of nitrogens with zero attached hydrogens (tertiary/aromatic N) is 1. The van der Waals surface area contributed by atoms with Gasteiger partial charge in [0.15, 0.2) is 5.78 Å².